The Bertz CT molecular complexity index is 1260. The minimum absolute atomic E-state index is 0.0219. The molecular weight excluding hydrogens is 464 g/mol. The van der Waals surface area contributed by atoms with Crippen molar-refractivity contribution in [3.05, 3.63) is 89.5 Å². The Hall–Kier alpha value is -3.65. The van der Waals surface area contributed by atoms with Crippen molar-refractivity contribution in [1.29, 1.82) is 0 Å². The number of hydrogen-bond acceptors (Lipinski definition) is 5. The van der Waals surface area contributed by atoms with Crippen LogP contribution in [0.25, 0.3) is 0 Å². The molecule has 3 aromatic rings. The minimum Gasteiger partial charge on any atom is -0.466 e. The molecule has 0 saturated carbocycles. The van der Waals surface area contributed by atoms with Crippen LogP contribution in [0.15, 0.2) is 77.7 Å². The zero-order valence-electron chi connectivity index (χ0n) is 19.9. The Balaban J connectivity index is 1.41. The van der Waals surface area contributed by atoms with Crippen molar-refractivity contribution < 1.29 is 22.7 Å². The molecular formula is C27H30N2O5S. The first-order valence-corrected chi connectivity index (χ1v) is 12.9. The van der Waals surface area contributed by atoms with E-state index in [2.05, 4.69) is 10.0 Å². The first-order valence-electron chi connectivity index (χ1n) is 11.4. The molecule has 8 heteroatoms. The molecule has 0 bridgehead atoms. The average Bonchev–Trinajstić information content (AvgIpc) is 2.84. The van der Waals surface area contributed by atoms with E-state index in [1.807, 2.05) is 50.2 Å². The van der Waals surface area contributed by atoms with E-state index >= 15 is 0 Å². The molecule has 184 valence electrons. The van der Waals surface area contributed by atoms with Gasteiger partial charge in [-0.15, -0.1) is 0 Å². The van der Waals surface area contributed by atoms with E-state index in [1.165, 1.54) is 29.8 Å². The largest absolute Gasteiger partial charge is 0.466 e. The number of sulfonamides is 1. The maximum atomic E-state index is 12.6. The number of hydrogen-bond donors (Lipinski definition) is 2. The van der Waals surface area contributed by atoms with Crippen molar-refractivity contribution in [1.82, 2.24) is 0 Å². The molecule has 35 heavy (non-hydrogen) atoms. The summed E-state index contributed by atoms with van der Waals surface area (Å²) < 4.78 is 33.0. The zero-order chi connectivity index (χ0) is 25.3. The number of amides is 1. The number of nitrogens with one attached hydrogen (secondary N) is 2. The van der Waals surface area contributed by atoms with Crippen molar-refractivity contribution in [2.75, 3.05) is 16.6 Å². The normalized spacial score (nSPS) is 11.0. The first kappa shape index (κ1) is 26.0. The highest BCUT2D eigenvalue weighted by Crippen LogP contribution is 2.20. The van der Waals surface area contributed by atoms with Gasteiger partial charge in [0.1, 0.15) is 0 Å². The second-order valence-corrected chi connectivity index (χ2v) is 9.97. The van der Waals surface area contributed by atoms with Gasteiger partial charge in [0.2, 0.25) is 5.91 Å². The fourth-order valence-corrected chi connectivity index (χ4v) is 4.40. The maximum Gasteiger partial charge on any atom is 0.306 e. The molecule has 3 aromatic carbocycles. The molecule has 0 aliphatic rings. The molecule has 0 aromatic heterocycles. The summed E-state index contributed by atoms with van der Waals surface area (Å²) >= 11 is 0. The molecule has 0 aliphatic heterocycles. The van der Waals surface area contributed by atoms with Crippen molar-refractivity contribution >= 4 is 33.3 Å². The summed E-state index contributed by atoms with van der Waals surface area (Å²) in [6, 6.07) is 21.1. The number of carbonyl (C=O) groups excluding carboxylic acids is 2. The third-order valence-corrected chi connectivity index (χ3v) is 6.88. The molecule has 0 atom stereocenters. The topological polar surface area (TPSA) is 102 Å². The first-order chi connectivity index (χ1) is 16.7. The fraction of sp³-hybridized carbons (Fsp3) is 0.259. The van der Waals surface area contributed by atoms with Crippen LogP contribution in [0.1, 0.15) is 36.0 Å². The lowest BCUT2D eigenvalue weighted by Crippen LogP contribution is -2.16. The maximum absolute atomic E-state index is 12.6. The number of anilines is 2. The fourth-order valence-electron chi connectivity index (χ4n) is 3.35. The van der Waals surface area contributed by atoms with Gasteiger partial charge in [-0.3, -0.25) is 14.3 Å². The van der Waals surface area contributed by atoms with Crippen LogP contribution in [0, 0.1) is 13.8 Å². The SMILES string of the molecule is Cc1ccc(NS(=O)(=O)c2ccc(NC(=O)CCC(=O)OCCCc3ccccc3)cc2)cc1C. The quantitative estimate of drug-likeness (QED) is 0.289. The number of rotatable bonds is 11. The van der Waals surface area contributed by atoms with Gasteiger partial charge in [-0.1, -0.05) is 36.4 Å². The molecule has 0 fully saturated rings. The van der Waals surface area contributed by atoms with Gasteiger partial charge in [-0.25, -0.2) is 8.42 Å². The molecule has 1 amide bonds. The standard InChI is InChI=1S/C27H30N2O5S/c1-20-10-11-24(19-21(20)2)29-35(32,33)25-14-12-23(13-15-25)28-26(30)16-17-27(31)34-18-6-9-22-7-4-3-5-8-22/h3-5,7-8,10-15,19,29H,6,9,16-18H2,1-2H3,(H,28,30). The number of esters is 1. The summed E-state index contributed by atoms with van der Waals surface area (Å²) in [6.45, 7) is 4.18. The van der Waals surface area contributed by atoms with Crippen LogP contribution in [0.3, 0.4) is 0 Å². The van der Waals surface area contributed by atoms with Gasteiger partial charge in [0.25, 0.3) is 10.0 Å². The second-order valence-electron chi connectivity index (χ2n) is 8.29. The smallest absolute Gasteiger partial charge is 0.306 e. The van der Waals surface area contributed by atoms with Gasteiger partial charge in [-0.05, 0) is 79.8 Å². The van der Waals surface area contributed by atoms with Gasteiger partial charge in [0, 0.05) is 17.8 Å². The van der Waals surface area contributed by atoms with Crippen LogP contribution in [0.2, 0.25) is 0 Å². The lowest BCUT2D eigenvalue weighted by molar-refractivity contribution is -0.144. The third-order valence-electron chi connectivity index (χ3n) is 5.48. The van der Waals surface area contributed by atoms with Crippen LogP contribution >= 0.6 is 0 Å². The highest BCUT2D eigenvalue weighted by Gasteiger charge is 2.15. The van der Waals surface area contributed by atoms with Gasteiger partial charge < -0.3 is 10.1 Å². The minimum atomic E-state index is -3.76. The van der Waals surface area contributed by atoms with E-state index in [0.717, 1.165) is 24.0 Å². The Morgan fingerprint density at radius 3 is 2.20 bits per heavy atom. The van der Waals surface area contributed by atoms with E-state index in [1.54, 1.807) is 12.1 Å². The number of aryl methyl sites for hydroxylation is 3. The Morgan fingerprint density at radius 2 is 1.51 bits per heavy atom. The highest BCUT2D eigenvalue weighted by molar-refractivity contribution is 7.92. The van der Waals surface area contributed by atoms with Gasteiger partial charge in [-0.2, -0.15) is 0 Å². The summed E-state index contributed by atoms with van der Waals surface area (Å²) in [4.78, 5) is 24.1. The van der Waals surface area contributed by atoms with Crippen LogP contribution < -0.4 is 10.0 Å². The van der Waals surface area contributed by atoms with Crippen molar-refractivity contribution in [2.24, 2.45) is 0 Å². The van der Waals surface area contributed by atoms with E-state index < -0.39 is 16.0 Å². The van der Waals surface area contributed by atoms with Crippen molar-refractivity contribution in [3.8, 4) is 0 Å². The molecule has 0 radical (unpaired) electrons. The molecule has 7 nitrogen and oxygen atoms in total. The summed E-state index contributed by atoms with van der Waals surface area (Å²) in [5.74, 6) is -0.776. The molecule has 0 heterocycles. The second kappa shape index (κ2) is 12.2. The number of benzene rings is 3. The number of carbonyl (C=O) groups is 2. The highest BCUT2D eigenvalue weighted by atomic mass is 32.2. The lowest BCUT2D eigenvalue weighted by Gasteiger charge is -2.11. The van der Waals surface area contributed by atoms with Crippen LogP contribution in [-0.4, -0.2) is 26.9 Å². The molecule has 0 unspecified atom stereocenters. The van der Waals surface area contributed by atoms with E-state index in [4.69, 9.17) is 4.74 Å². The van der Waals surface area contributed by atoms with Gasteiger partial charge in [0.15, 0.2) is 0 Å². The summed E-state index contributed by atoms with van der Waals surface area (Å²) in [6.07, 6.45) is 1.49. The van der Waals surface area contributed by atoms with E-state index in [9.17, 15) is 18.0 Å². The Kier molecular flexibility index (Phi) is 9.03. The zero-order valence-corrected chi connectivity index (χ0v) is 20.7. The lowest BCUT2D eigenvalue weighted by atomic mass is 10.1. The third kappa shape index (κ3) is 8.26. The average molecular weight is 495 g/mol. The predicted octanol–water partition coefficient (Wildman–Crippen LogP) is 5.00. The van der Waals surface area contributed by atoms with Crippen LogP contribution in [-0.2, 0) is 30.8 Å². The Labute approximate surface area is 206 Å². The molecule has 3 rings (SSSR count). The summed E-state index contributed by atoms with van der Waals surface area (Å²) in [5.41, 5.74) is 4.17. The number of ether oxygens (including phenoxy) is 1. The van der Waals surface area contributed by atoms with Crippen molar-refractivity contribution in [3.63, 3.8) is 0 Å². The summed E-state index contributed by atoms with van der Waals surface area (Å²) in [5, 5.41) is 2.67. The van der Waals surface area contributed by atoms with Crippen LogP contribution in [0.5, 0.6) is 0 Å². The summed E-state index contributed by atoms with van der Waals surface area (Å²) in [7, 11) is -3.76. The van der Waals surface area contributed by atoms with Crippen LogP contribution in [0.4, 0.5) is 11.4 Å². The van der Waals surface area contributed by atoms with E-state index in [-0.39, 0.29) is 23.6 Å². The van der Waals surface area contributed by atoms with Crippen molar-refractivity contribution in [2.45, 2.75) is 44.4 Å². The molecule has 0 aliphatic carbocycles. The predicted molar refractivity (Wildman–Crippen MR) is 137 cm³/mol. The molecule has 0 saturated heterocycles. The van der Waals surface area contributed by atoms with Gasteiger partial charge in [0.05, 0.1) is 17.9 Å². The van der Waals surface area contributed by atoms with E-state index in [0.29, 0.717) is 18.0 Å². The molecule has 0 spiro atoms. The van der Waals surface area contributed by atoms with Gasteiger partial charge >= 0.3 is 5.97 Å². The monoisotopic (exact) mass is 494 g/mol. The molecule has 2 N–H and O–H groups in total. The Morgan fingerprint density at radius 1 is 0.829 bits per heavy atom.